The van der Waals surface area contributed by atoms with Crippen LogP contribution < -0.4 is 4.74 Å². The molecule has 0 saturated heterocycles. The molecule has 0 radical (unpaired) electrons. The summed E-state index contributed by atoms with van der Waals surface area (Å²) in [4.78, 5) is 0. The van der Waals surface area contributed by atoms with Crippen LogP contribution in [0.5, 0.6) is 5.75 Å². The summed E-state index contributed by atoms with van der Waals surface area (Å²) in [7, 11) is 0. The average Bonchev–Trinajstić information content (AvgIpc) is 2.15. The van der Waals surface area contributed by atoms with Gasteiger partial charge in [0.25, 0.3) is 0 Å². The molecule has 0 fully saturated rings. The van der Waals surface area contributed by atoms with E-state index in [0.29, 0.717) is 6.42 Å². The van der Waals surface area contributed by atoms with Gasteiger partial charge in [0.15, 0.2) is 0 Å². The molecule has 0 amide bonds. The summed E-state index contributed by atoms with van der Waals surface area (Å²) in [6.07, 6.45) is 1.43. The van der Waals surface area contributed by atoms with Gasteiger partial charge in [-0.1, -0.05) is 39.0 Å². The Labute approximate surface area is 97.3 Å². The number of para-hydroxylation sites is 1. The first kappa shape index (κ1) is 11.5. The van der Waals surface area contributed by atoms with E-state index >= 15 is 0 Å². The molecule has 1 heterocycles. The molecule has 0 bridgehead atoms. The van der Waals surface area contributed by atoms with Crippen LogP contribution in [0.2, 0.25) is 0 Å². The Bertz CT molecular complexity index is 365. The van der Waals surface area contributed by atoms with Crippen LogP contribution in [0.1, 0.15) is 45.3 Å². The lowest BCUT2D eigenvalue weighted by atomic mass is 9.85. The molecule has 0 spiro atoms. The lowest BCUT2D eigenvalue weighted by Crippen LogP contribution is -2.29. The maximum Gasteiger partial charge on any atom is 0.125 e. The van der Waals surface area contributed by atoms with Gasteiger partial charge < -0.3 is 9.84 Å². The van der Waals surface area contributed by atoms with Gasteiger partial charge in [0, 0.05) is 12.0 Å². The fourth-order valence-corrected chi connectivity index (χ4v) is 2.27. The molecule has 1 aliphatic heterocycles. The molecule has 16 heavy (non-hydrogen) atoms. The molecule has 2 nitrogen and oxygen atoms in total. The van der Waals surface area contributed by atoms with Crippen LogP contribution in [-0.2, 0) is 0 Å². The van der Waals surface area contributed by atoms with Crippen LogP contribution in [0.3, 0.4) is 0 Å². The number of fused-ring (bicyclic) bond motifs is 1. The second-order valence-electron chi connectivity index (χ2n) is 5.79. The van der Waals surface area contributed by atoms with Gasteiger partial charge >= 0.3 is 0 Å². The Kier molecular flexibility index (Phi) is 2.94. The zero-order valence-corrected chi connectivity index (χ0v) is 10.2. The zero-order valence-electron chi connectivity index (χ0n) is 10.2. The van der Waals surface area contributed by atoms with Crippen LogP contribution >= 0.6 is 0 Å². The van der Waals surface area contributed by atoms with Crippen LogP contribution in [0.4, 0.5) is 0 Å². The predicted octanol–water partition coefficient (Wildman–Crippen LogP) is 3.31. The van der Waals surface area contributed by atoms with E-state index in [-0.39, 0.29) is 17.6 Å². The summed E-state index contributed by atoms with van der Waals surface area (Å²) < 4.78 is 5.92. The first-order chi connectivity index (χ1) is 7.46. The van der Waals surface area contributed by atoms with Gasteiger partial charge in [0.2, 0.25) is 0 Å². The van der Waals surface area contributed by atoms with Gasteiger partial charge in [-0.15, -0.1) is 0 Å². The number of hydrogen-bond donors (Lipinski definition) is 1. The SMILES string of the molecule is CC(C)(C)CC1C[C@H](O)c2ccccc2O1. The molecule has 1 unspecified atom stereocenters. The van der Waals surface area contributed by atoms with E-state index < -0.39 is 0 Å². The number of aliphatic hydroxyl groups excluding tert-OH is 1. The van der Waals surface area contributed by atoms with E-state index in [2.05, 4.69) is 20.8 Å². The quantitative estimate of drug-likeness (QED) is 0.786. The number of hydrogen-bond acceptors (Lipinski definition) is 2. The molecular weight excluding hydrogens is 200 g/mol. The van der Waals surface area contributed by atoms with Gasteiger partial charge in [-0.2, -0.15) is 0 Å². The van der Waals surface area contributed by atoms with E-state index in [9.17, 15) is 5.11 Å². The van der Waals surface area contributed by atoms with Gasteiger partial charge in [0.1, 0.15) is 11.9 Å². The molecule has 2 atom stereocenters. The largest absolute Gasteiger partial charge is 0.490 e. The number of aliphatic hydroxyl groups is 1. The fraction of sp³-hybridized carbons (Fsp3) is 0.571. The topological polar surface area (TPSA) is 29.5 Å². The summed E-state index contributed by atoms with van der Waals surface area (Å²) in [6.45, 7) is 6.59. The Morgan fingerprint density at radius 3 is 2.69 bits per heavy atom. The summed E-state index contributed by atoms with van der Waals surface area (Å²) in [5, 5.41) is 10.0. The second kappa shape index (κ2) is 4.10. The van der Waals surface area contributed by atoms with Crippen LogP contribution in [-0.4, -0.2) is 11.2 Å². The Morgan fingerprint density at radius 1 is 1.31 bits per heavy atom. The van der Waals surface area contributed by atoms with Crippen molar-refractivity contribution in [3.05, 3.63) is 29.8 Å². The maximum absolute atomic E-state index is 10.0. The molecule has 0 aliphatic carbocycles. The maximum atomic E-state index is 10.0. The van der Waals surface area contributed by atoms with Crippen molar-refractivity contribution >= 4 is 0 Å². The lowest BCUT2D eigenvalue weighted by molar-refractivity contribution is 0.0447. The average molecular weight is 220 g/mol. The third kappa shape index (κ3) is 2.56. The standard InChI is InChI=1S/C14H20O2/c1-14(2,3)9-10-8-12(15)11-6-4-5-7-13(11)16-10/h4-7,10,12,15H,8-9H2,1-3H3/t10?,12-/m0/s1. The van der Waals surface area contributed by atoms with E-state index in [0.717, 1.165) is 17.7 Å². The Morgan fingerprint density at radius 2 is 2.00 bits per heavy atom. The summed E-state index contributed by atoms with van der Waals surface area (Å²) >= 11 is 0. The smallest absolute Gasteiger partial charge is 0.125 e. The predicted molar refractivity (Wildman–Crippen MR) is 64.5 cm³/mol. The number of benzene rings is 1. The van der Waals surface area contributed by atoms with E-state index in [1.165, 1.54) is 0 Å². The van der Waals surface area contributed by atoms with E-state index in [4.69, 9.17) is 4.74 Å². The molecular formula is C14H20O2. The van der Waals surface area contributed by atoms with E-state index in [1.54, 1.807) is 0 Å². The van der Waals surface area contributed by atoms with Gasteiger partial charge in [-0.3, -0.25) is 0 Å². The molecule has 1 aliphatic rings. The third-order valence-electron chi connectivity index (χ3n) is 2.90. The van der Waals surface area contributed by atoms with Crippen molar-refractivity contribution in [3.8, 4) is 5.75 Å². The third-order valence-corrected chi connectivity index (χ3v) is 2.90. The summed E-state index contributed by atoms with van der Waals surface area (Å²) in [5.74, 6) is 0.843. The zero-order chi connectivity index (χ0) is 11.8. The van der Waals surface area contributed by atoms with Crippen molar-refractivity contribution < 1.29 is 9.84 Å². The van der Waals surface area contributed by atoms with Crippen molar-refractivity contribution in [2.75, 3.05) is 0 Å². The van der Waals surface area contributed by atoms with Gasteiger partial charge in [-0.25, -0.2) is 0 Å². The first-order valence-electron chi connectivity index (χ1n) is 5.89. The minimum absolute atomic E-state index is 0.130. The van der Waals surface area contributed by atoms with Crippen molar-refractivity contribution in [2.45, 2.75) is 45.8 Å². The normalized spacial score (nSPS) is 24.8. The minimum atomic E-state index is -0.378. The molecule has 0 saturated carbocycles. The lowest BCUT2D eigenvalue weighted by Gasteiger charge is -2.33. The van der Waals surface area contributed by atoms with Crippen LogP contribution in [0.15, 0.2) is 24.3 Å². The molecule has 1 N–H and O–H groups in total. The summed E-state index contributed by atoms with van der Waals surface area (Å²) in [6, 6.07) is 7.77. The molecule has 88 valence electrons. The fourth-order valence-electron chi connectivity index (χ4n) is 2.27. The van der Waals surface area contributed by atoms with E-state index in [1.807, 2.05) is 24.3 Å². The van der Waals surface area contributed by atoms with Crippen molar-refractivity contribution in [3.63, 3.8) is 0 Å². The summed E-state index contributed by atoms with van der Waals surface area (Å²) in [5.41, 5.74) is 1.16. The molecule has 2 heteroatoms. The molecule has 0 aromatic heterocycles. The van der Waals surface area contributed by atoms with Crippen molar-refractivity contribution in [1.29, 1.82) is 0 Å². The highest BCUT2D eigenvalue weighted by atomic mass is 16.5. The number of ether oxygens (including phenoxy) is 1. The van der Waals surface area contributed by atoms with Gasteiger partial charge in [-0.05, 0) is 17.9 Å². The van der Waals surface area contributed by atoms with Crippen molar-refractivity contribution in [1.82, 2.24) is 0 Å². The van der Waals surface area contributed by atoms with Gasteiger partial charge in [0.05, 0.1) is 6.10 Å². The highest BCUT2D eigenvalue weighted by molar-refractivity contribution is 5.36. The second-order valence-corrected chi connectivity index (χ2v) is 5.79. The van der Waals surface area contributed by atoms with Crippen LogP contribution in [0, 0.1) is 5.41 Å². The molecule has 1 aromatic carbocycles. The molecule has 2 rings (SSSR count). The minimum Gasteiger partial charge on any atom is -0.490 e. The number of rotatable bonds is 1. The van der Waals surface area contributed by atoms with Crippen molar-refractivity contribution in [2.24, 2.45) is 5.41 Å². The highest BCUT2D eigenvalue weighted by Gasteiger charge is 2.29. The monoisotopic (exact) mass is 220 g/mol. The Hall–Kier alpha value is -1.02. The first-order valence-corrected chi connectivity index (χ1v) is 5.89. The van der Waals surface area contributed by atoms with Crippen LogP contribution in [0.25, 0.3) is 0 Å². The molecule has 1 aromatic rings. The Balaban J connectivity index is 2.15. The highest BCUT2D eigenvalue weighted by Crippen LogP contribution is 2.37.